The molecule has 1 fully saturated rings. The zero-order valence-electron chi connectivity index (χ0n) is 11.6. The van der Waals surface area contributed by atoms with Crippen LogP contribution < -0.4 is 16.6 Å². The number of aromatic amines is 1. The van der Waals surface area contributed by atoms with Crippen molar-refractivity contribution < 1.29 is 9.18 Å². The number of benzene rings is 1. The second kappa shape index (κ2) is 5.59. The van der Waals surface area contributed by atoms with Gasteiger partial charge in [-0.3, -0.25) is 19.1 Å². The molecule has 1 aromatic carbocycles. The lowest BCUT2D eigenvalue weighted by molar-refractivity contribution is -0.121. The fourth-order valence-electron chi connectivity index (χ4n) is 2.44. The van der Waals surface area contributed by atoms with Crippen molar-refractivity contribution in [2.45, 2.75) is 24.9 Å². The highest BCUT2D eigenvalue weighted by atomic mass is 19.1. The van der Waals surface area contributed by atoms with Gasteiger partial charge in [0.1, 0.15) is 12.4 Å². The topological polar surface area (TPSA) is 84.0 Å². The quantitative estimate of drug-likeness (QED) is 0.854. The number of hydrogen-bond acceptors (Lipinski definition) is 3. The minimum atomic E-state index is -0.625. The van der Waals surface area contributed by atoms with Crippen LogP contribution in [0.2, 0.25) is 0 Å². The molecule has 1 aliphatic carbocycles. The van der Waals surface area contributed by atoms with E-state index in [1.807, 2.05) is 6.07 Å². The van der Waals surface area contributed by atoms with Gasteiger partial charge in [-0.1, -0.05) is 12.1 Å². The van der Waals surface area contributed by atoms with Crippen LogP contribution in [0.1, 0.15) is 17.9 Å². The number of rotatable bonds is 4. The van der Waals surface area contributed by atoms with Gasteiger partial charge in [0.05, 0.1) is 0 Å². The molecule has 1 aromatic heterocycles. The second-order valence-electron chi connectivity index (χ2n) is 5.31. The summed E-state index contributed by atoms with van der Waals surface area (Å²) in [6, 6.07) is 7.44. The normalized spacial score (nSPS) is 19.7. The van der Waals surface area contributed by atoms with Crippen molar-refractivity contribution in [3.05, 3.63) is 68.7 Å². The summed E-state index contributed by atoms with van der Waals surface area (Å²) in [5.74, 6) is -0.515. The van der Waals surface area contributed by atoms with Crippen LogP contribution in [0.3, 0.4) is 0 Å². The number of carbonyl (C=O) groups is 1. The van der Waals surface area contributed by atoms with Crippen molar-refractivity contribution in [3.8, 4) is 0 Å². The molecule has 1 heterocycles. The molecule has 0 spiro atoms. The lowest BCUT2D eigenvalue weighted by atomic mass is 10.1. The minimum Gasteiger partial charge on any atom is -0.351 e. The van der Waals surface area contributed by atoms with Gasteiger partial charge in [0.25, 0.3) is 5.56 Å². The number of halogens is 1. The fraction of sp³-hybridized carbons (Fsp3) is 0.267. The number of nitrogens with one attached hydrogen (secondary N) is 2. The monoisotopic (exact) mass is 303 g/mol. The SMILES string of the molecule is O=C(Cn1ccc(=O)[nH]c1=O)NC1CC1c1cccc(F)c1. The van der Waals surface area contributed by atoms with Crippen molar-refractivity contribution in [2.24, 2.45) is 0 Å². The van der Waals surface area contributed by atoms with Crippen LogP contribution in [0.25, 0.3) is 0 Å². The average Bonchev–Trinajstić information content (AvgIpc) is 3.21. The van der Waals surface area contributed by atoms with Gasteiger partial charge in [-0.15, -0.1) is 0 Å². The van der Waals surface area contributed by atoms with Crippen molar-refractivity contribution in [2.75, 3.05) is 0 Å². The summed E-state index contributed by atoms with van der Waals surface area (Å²) in [5, 5.41) is 2.80. The van der Waals surface area contributed by atoms with Crippen molar-refractivity contribution >= 4 is 5.91 Å². The average molecular weight is 303 g/mol. The molecule has 3 rings (SSSR count). The lowest BCUT2D eigenvalue weighted by Crippen LogP contribution is -2.36. The Kier molecular flexibility index (Phi) is 3.62. The van der Waals surface area contributed by atoms with Crippen LogP contribution in [0.4, 0.5) is 4.39 Å². The highest BCUT2D eigenvalue weighted by Gasteiger charge is 2.39. The summed E-state index contributed by atoms with van der Waals surface area (Å²) in [6.07, 6.45) is 2.02. The number of hydrogen-bond donors (Lipinski definition) is 2. The van der Waals surface area contributed by atoms with Crippen LogP contribution in [-0.2, 0) is 11.3 Å². The molecule has 2 unspecified atom stereocenters. The summed E-state index contributed by atoms with van der Waals surface area (Å²) in [7, 11) is 0. The summed E-state index contributed by atoms with van der Waals surface area (Å²) in [6.45, 7) is -0.165. The molecule has 2 atom stereocenters. The van der Waals surface area contributed by atoms with Gasteiger partial charge < -0.3 is 5.32 Å². The third-order valence-electron chi connectivity index (χ3n) is 3.62. The van der Waals surface area contributed by atoms with Gasteiger partial charge in [-0.25, -0.2) is 9.18 Å². The Balaban J connectivity index is 1.60. The van der Waals surface area contributed by atoms with E-state index in [9.17, 15) is 18.8 Å². The highest BCUT2D eigenvalue weighted by Crippen LogP contribution is 2.40. The Labute approximate surface area is 124 Å². The van der Waals surface area contributed by atoms with Gasteiger partial charge >= 0.3 is 5.69 Å². The molecule has 6 nitrogen and oxygen atoms in total. The number of nitrogens with zero attached hydrogens (tertiary/aromatic N) is 1. The van der Waals surface area contributed by atoms with Gasteiger partial charge in [0.15, 0.2) is 0 Å². The van der Waals surface area contributed by atoms with E-state index < -0.39 is 11.2 Å². The van der Waals surface area contributed by atoms with Crippen LogP contribution in [0.15, 0.2) is 46.1 Å². The smallest absolute Gasteiger partial charge is 0.328 e. The van der Waals surface area contributed by atoms with Gasteiger partial charge in [-0.05, 0) is 24.1 Å². The summed E-state index contributed by atoms with van der Waals surface area (Å²) in [4.78, 5) is 36.4. The van der Waals surface area contributed by atoms with Crippen molar-refractivity contribution in [1.29, 1.82) is 0 Å². The summed E-state index contributed by atoms with van der Waals surface area (Å²) in [5.41, 5.74) is -0.276. The number of amides is 1. The second-order valence-corrected chi connectivity index (χ2v) is 5.31. The van der Waals surface area contributed by atoms with Crippen molar-refractivity contribution in [1.82, 2.24) is 14.9 Å². The van der Waals surface area contributed by atoms with E-state index in [1.165, 1.54) is 24.4 Å². The Morgan fingerprint density at radius 3 is 2.91 bits per heavy atom. The molecular weight excluding hydrogens is 289 g/mol. The zero-order chi connectivity index (χ0) is 15.7. The largest absolute Gasteiger partial charge is 0.351 e. The van der Waals surface area contributed by atoms with Crippen molar-refractivity contribution in [3.63, 3.8) is 0 Å². The van der Waals surface area contributed by atoms with Crippen LogP contribution in [0, 0.1) is 5.82 Å². The third kappa shape index (κ3) is 3.13. The molecule has 0 aliphatic heterocycles. The maximum absolute atomic E-state index is 13.2. The molecule has 0 bridgehead atoms. The maximum Gasteiger partial charge on any atom is 0.328 e. The Morgan fingerprint density at radius 2 is 2.18 bits per heavy atom. The number of carbonyl (C=O) groups excluding carboxylic acids is 1. The molecule has 1 saturated carbocycles. The molecule has 114 valence electrons. The molecular formula is C15H14FN3O3. The van der Waals surface area contributed by atoms with E-state index >= 15 is 0 Å². The number of H-pyrrole nitrogens is 1. The molecule has 0 saturated heterocycles. The minimum absolute atomic E-state index is 0.0484. The molecule has 0 radical (unpaired) electrons. The molecule has 1 aliphatic rings. The standard InChI is InChI=1S/C15H14FN3O3/c16-10-3-1-2-9(6-10)11-7-12(11)17-14(21)8-19-5-4-13(20)18-15(19)22/h1-6,11-12H,7-8H2,(H,17,21)(H,18,20,22). The van der Waals surface area contributed by atoms with E-state index in [0.29, 0.717) is 0 Å². The Morgan fingerprint density at radius 1 is 1.36 bits per heavy atom. The number of aromatic nitrogens is 2. The van der Waals surface area contributed by atoms with Gasteiger partial charge in [0.2, 0.25) is 5.91 Å². The first-order chi connectivity index (χ1) is 10.5. The first kappa shape index (κ1) is 14.2. The molecule has 2 N–H and O–H groups in total. The zero-order valence-corrected chi connectivity index (χ0v) is 11.6. The maximum atomic E-state index is 13.2. The van der Waals surface area contributed by atoms with Crippen LogP contribution in [0.5, 0.6) is 0 Å². The van der Waals surface area contributed by atoms with Crippen LogP contribution >= 0.6 is 0 Å². The van der Waals surface area contributed by atoms with Crippen LogP contribution in [-0.4, -0.2) is 21.5 Å². The first-order valence-corrected chi connectivity index (χ1v) is 6.87. The lowest BCUT2D eigenvalue weighted by Gasteiger charge is -2.06. The molecule has 1 amide bonds. The van der Waals surface area contributed by atoms with E-state index in [1.54, 1.807) is 6.07 Å². The fourth-order valence-corrected chi connectivity index (χ4v) is 2.44. The Hall–Kier alpha value is -2.70. The molecule has 7 heteroatoms. The predicted octanol–water partition coefficient (Wildman–Crippen LogP) is 0.348. The van der Waals surface area contributed by atoms with E-state index in [0.717, 1.165) is 16.6 Å². The Bertz CT molecular complexity index is 827. The first-order valence-electron chi connectivity index (χ1n) is 6.87. The molecule has 2 aromatic rings. The third-order valence-corrected chi connectivity index (χ3v) is 3.62. The molecule has 22 heavy (non-hydrogen) atoms. The summed E-state index contributed by atoms with van der Waals surface area (Å²) < 4.78 is 14.3. The van der Waals surface area contributed by atoms with E-state index in [2.05, 4.69) is 10.3 Å². The summed E-state index contributed by atoms with van der Waals surface area (Å²) >= 11 is 0. The van der Waals surface area contributed by atoms with E-state index in [-0.39, 0.29) is 30.2 Å². The van der Waals surface area contributed by atoms with Gasteiger partial charge in [-0.2, -0.15) is 0 Å². The predicted molar refractivity (Wildman–Crippen MR) is 77.0 cm³/mol. The highest BCUT2D eigenvalue weighted by molar-refractivity contribution is 5.76. The van der Waals surface area contributed by atoms with E-state index in [4.69, 9.17) is 0 Å². The van der Waals surface area contributed by atoms with Gasteiger partial charge in [0, 0.05) is 24.2 Å².